The summed E-state index contributed by atoms with van der Waals surface area (Å²) >= 11 is 5.94. The number of para-hydroxylation sites is 1. The van der Waals surface area contributed by atoms with E-state index in [9.17, 15) is 0 Å². The van der Waals surface area contributed by atoms with E-state index in [1.54, 1.807) is 6.20 Å². The zero-order valence-electron chi connectivity index (χ0n) is 9.13. The summed E-state index contributed by atoms with van der Waals surface area (Å²) < 4.78 is 1.90. The molecule has 0 aliphatic heterocycles. The maximum atomic E-state index is 5.94. The van der Waals surface area contributed by atoms with E-state index in [4.69, 9.17) is 11.6 Å². The summed E-state index contributed by atoms with van der Waals surface area (Å²) in [5.74, 6) is 1.63. The summed E-state index contributed by atoms with van der Waals surface area (Å²) in [6.45, 7) is 1.92. The van der Waals surface area contributed by atoms with Crippen LogP contribution in [0.15, 0.2) is 36.7 Å². The van der Waals surface area contributed by atoms with Crippen LogP contribution in [-0.4, -0.2) is 19.5 Å². The molecule has 17 heavy (non-hydrogen) atoms. The molecular formula is C12H9ClN4. The van der Waals surface area contributed by atoms with Gasteiger partial charge in [0.25, 0.3) is 0 Å². The number of aryl methyl sites for hydroxylation is 1. The van der Waals surface area contributed by atoms with Gasteiger partial charge in [-0.15, -0.1) is 0 Å². The van der Waals surface area contributed by atoms with Crippen molar-refractivity contribution in [1.82, 2.24) is 19.5 Å². The van der Waals surface area contributed by atoms with Gasteiger partial charge in [0.1, 0.15) is 5.82 Å². The minimum Gasteiger partial charge on any atom is -0.287 e. The molecule has 1 aromatic carbocycles. The van der Waals surface area contributed by atoms with Crippen LogP contribution in [0.5, 0.6) is 0 Å². The van der Waals surface area contributed by atoms with Gasteiger partial charge in [0, 0.05) is 17.8 Å². The second-order valence-electron chi connectivity index (χ2n) is 3.68. The Kier molecular flexibility index (Phi) is 2.30. The van der Waals surface area contributed by atoms with E-state index in [2.05, 4.69) is 15.0 Å². The van der Waals surface area contributed by atoms with Crippen molar-refractivity contribution in [2.75, 3.05) is 0 Å². The molecule has 0 aliphatic rings. The van der Waals surface area contributed by atoms with Gasteiger partial charge < -0.3 is 0 Å². The molecule has 3 rings (SSSR count). The Morgan fingerprint density at radius 2 is 2.00 bits per heavy atom. The lowest BCUT2D eigenvalue weighted by atomic mass is 10.2. The SMILES string of the molecule is Cc1nccn1-c1nc(Cl)nc2ccccc12. The van der Waals surface area contributed by atoms with E-state index < -0.39 is 0 Å². The fourth-order valence-corrected chi connectivity index (χ4v) is 1.99. The van der Waals surface area contributed by atoms with Gasteiger partial charge in [0.05, 0.1) is 5.52 Å². The van der Waals surface area contributed by atoms with Crippen LogP contribution in [0, 0.1) is 6.92 Å². The molecule has 0 bridgehead atoms. The lowest BCUT2D eigenvalue weighted by Gasteiger charge is -2.07. The number of aromatic nitrogens is 4. The van der Waals surface area contributed by atoms with Crippen LogP contribution < -0.4 is 0 Å². The number of benzene rings is 1. The van der Waals surface area contributed by atoms with E-state index in [-0.39, 0.29) is 5.28 Å². The van der Waals surface area contributed by atoms with Crippen LogP contribution in [-0.2, 0) is 0 Å². The van der Waals surface area contributed by atoms with E-state index in [0.29, 0.717) is 0 Å². The Bertz CT molecular complexity index is 690. The van der Waals surface area contributed by atoms with Gasteiger partial charge in [-0.25, -0.2) is 9.97 Å². The standard InChI is InChI=1S/C12H9ClN4/c1-8-14-6-7-17(8)11-9-4-2-3-5-10(9)15-12(13)16-11/h2-7H,1H3. The highest BCUT2D eigenvalue weighted by Crippen LogP contribution is 2.21. The molecule has 0 unspecified atom stereocenters. The predicted molar refractivity (Wildman–Crippen MR) is 66.4 cm³/mol. The van der Waals surface area contributed by atoms with Crippen LogP contribution in [0.25, 0.3) is 16.7 Å². The summed E-state index contributed by atoms with van der Waals surface area (Å²) in [7, 11) is 0. The Morgan fingerprint density at radius 3 is 2.76 bits per heavy atom. The average Bonchev–Trinajstić information content (AvgIpc) is 2.74. The van der Waals surface area contributed by atoms with Crippen molar-refractivity contribution in [2.45, 2.75) is 6.92 Å². The normalized spacial score (nSPS) is 10.9. The third-order valence-electron chi connectivity index (χ3n) is 2.61. The van der Waals surface area contributed by atoms with Crippen molar-refractivity contribution in [2.24, 2.45) is 0 Å². The highest BCUT2D eigenvalue weighted by atomic mass is 35.5. The minimum absolute atomic E-state index is 0.242. The molecule has 0 atom stereocenters. The Labute approximate surface area is 103 Å². The van der Waals surface area contributed by atoms with Gasteiger partial charge >= 0.3 is 0 Å². The maximum Gasteiger partial charge on any atom is 0.224 e. The fourth-order valence-electron chi connectivity index (χ4n) is 1.82. The first-order chi connectivity index (χ1) is 8.25. The molecule has 0 aliphatic carbocycles. The van der Waals surface area contributed by atoms with Crippen molar-refractivity contribution < 1.29 is 0 Å². The molecule has 4 nitrogen and oxygen atoms in total. The van der Waals surface area contributed by atoms with Crippen LogP contribution >= 0.6 is 11.6 Å². The first-order valence-electron chi connectivity index (χ1n) is 5.18. The quantitative estimate of drug-likeness (QED) is 0.618. The topological polar surface area (TPSA) is 43.6 Å². The highest BCUT2D eigenvalue weighted by molar-refractivity contribution is 6.28. The van der Waals surface area contributed by atoms with Crippen molar-refractivity contribution in [1.29, 1.82) is 0 Å². The molecule has 0 saturated heterocycles. The smallest absolute Gasteiger partial charge is 0.224 e. The second-order valence-corrected chi connectivity index (χ2v) is 4.02. The lowest BCUT2D eigenvalue weighted by Crippen LogP contribution is -2.01. The van der Waals surface area contributed by atoms with E-state index in [0.717, 1.165) is 22.5 Å². The van der Waals surface area contributed by atoms with Gasteiger partial charge in [-0.05, 0) is 30.7 Å². The molecule has 0 saturated carbocycles. The van der Waals surface area contributed by atoms with Crippen molar-refractivity contribution >= 4 is 22.5 Å². The van der Waals surface area contributed by atoms with Gasteiger partial charge in [-0.1, -0.05) is 12.1 Å². The third-order valence-corrected chi connectivity index (χ3v) is 2.78. The number of fused-ring (bicyclic) bond motifs is 1. The van der Waals surface area contributed by atoms with Gasteiger partial charge in [0.2, 0.25) is 5.28 Å². The highest BCUT2D eigenvalue weighted by Gasteiger charge is 2.09. The summed E-state index contributed by atoms with van der Waals surface area (Å²) in [4.78, 5) is 12.7. The monoisotopic (exact) mass is 244 g/mol. The molecule has 2 aromatic heterocycles. The molecule has 3 aromatic rings. The van der Waals surface area contributed by atoms with Crippen LogP contribution in [0.2, 0.25) is 5.28 Å². The largest absolute Gasteiger partial charge is 0.287 e. The van der Waals surface area contributed by atoms with Gasteiger partial charge in [0.15, 0.2) is 5.82 Å². The first-order valence-corrected chi connectivity index (χ1v) is 5.56. The Morgan fingerprint density at radius 1 is 1.18 bits per heavy atom. The lowest BCUT2D eigenvalue weighted by molar-refractivity contribution is 0.935. The molecule has 2 heterocycles. The molecule has 5 heteroatoms. The van der Waals surface area contributed by atoms with E-state index in [1.165, 1.54) is 0 Å². The number of imidazole rings is 1. The molecule has 0 fully saturated rings. The number of nitrogens with zero attached hydrogens (tertiary/aromatic N) is 4. The summed E-state index contributed by atoms with van der Waals surface area (Å²) in [6, 6.07) is 7.77. The van der Waals surface area contributed by atoms with Crippen molar-refractivity contribution in [3.05, 3.63) is 47.8 Å². The zero-order valence-corrected chi connectivity index (χ0v) is 9.89. The molecule has 0 N–H and O–H groups in total. The third kappa shape index (κ3) is 1.66. The van der Waals surface area contributed by atoms with Crippen LogP contribution in [0.3, 0.4) is 0 Å². The van der Waals surface area contributed by atoms with Crippen LogP contribution in [0.4, 0.5) is 0 Å². The fraction of sp³-hybridized carbons (Fsp3) is 0.0833. The van der Waals surface area contributed by atoms with Crippen LogP contribution in [0.1, 0.15) is 5.82 Å². The van der Waals surface area contributed by atoms with Crippen molar-refractivity contribution in [3.8, 4) is 5.82 Å². The molecule has 0 spiro atoms. The number of rotatable bonds is 1. The second kappa shape index (κ2) is 3.82. The molecule has 0 radical (unpaired) electrons. The summed E-state index contributed by atoms with van der Waals surface area (Å²) in [5.41, 5.74) is 0.829. The minimum atomic E-state index is 0.242. The number of halogens is 1. The van der Waals surface area contributed by atoms with E-state index >= 15 is 0 Å². The number of hydrogen-bond donors (Lipinski definition) is 0. The van der Waals surface area contributed by atoms with Crippen molar-refractivity contribution in [3.63, 3.8) is 0 Å². The summed E-state index contributed by atoms with van der Waals surface area (Å²) in [5, 5.41) is 1.20. The molecular weight excluding hydrogens is 236 g/mol. The molecule has 0 amide bonds. The zero-order chi connectivity index (χ0) is 11.8. The van der Waals surface area contributed by atoms with E-state index in [1.807, 2.05) is 42.0 Å². The maximum absolute atomic E-state index is 5.94. The molecule has 84 valence electrons. The van der Waals surface area contributed by atoms with Gasteiger partial charge in [-0.2, -0.15) is 4.98 Å². The average molecular weight is 245 g/mol. The predicted octanol–water partition coefficient (Wildman–Crippen LogP) is 2.78. The Balaban J connectivity index is 2.39. The van der Waals surface area contributed by atoms with Gasteiger partial charge in [-0.3, -0.25) is 4.57 Å². The summed E-state index contributed by atoms with van der Waals surface area (Å²) in [6.07, 6.45) is 3.60. The first kappa shape index (κ1) is 10.2. The Hall–Kier alpha value is -1.94. The number of hydrogen-bond acceptors (Lipinski definition) is 3.